The number of benzene rings is 2. The standard InChI is InChI=1S/C26H37N3O/c1-7-15-26(6,8-2)16-11-12-19-17-20(25(3,4)5)24(30)23(18-19)29-27-21-13-9-10-14-22(21)28-29/h9-10,13-14,17-18,30H,7-8,11-12,15-16H2,1-6H3. The van der Waals surface area contributed by atoms with Crippen molar-refractivity contribution >= 4 is 11.0 Å². The molecule has 1 N–H and O–H groups in total. The first-order chi connectivity index (χ1) is 14.2. The van der Waals surface area contributed by atoms with Crippen molar-refractivity contribution in [1.82, 2.24) is 15.0 Å². The lowest BCUT2D eigenvalue weighted by Gasteiger charge is -2.28. The summed E-state index contributed by atoms with van der Waals surface area (Å²) < 4.78 is 0. The van der Waals surface area contributed by atoms with Crippen molar-refractivity contribution in [2.24, 2.45) is 5.41 Å². The Balaban J connectivity index is 1.95. The van der Waals surface area contributed by atoms with Gasteiger partial charge in [-0.15, -0.1) is 15.0 Å². The largest absolute Gasteiger partial charge is 0.505 e. The summed E-state index contributed by atoms with van der Waals surface area (Å²) in [4.78, 5) is 1.59. The van der Waals surface area contributed by atoms with E-state index in [1.165, 1.54) is 31.2 Å². The summed E-state index contributed by atoms with van der Waals surface area (Å²) in [5, 5.41) is 20.3. The zero-order valence-electron chi connectivity index (χ0n) is 19.5. The molecule has 2 aromatic carbocycles. The normalized spacial score (nSPS) is 14.2. The van der Waals surface area contributed by atoms with E-state index in [1.54, 1.807) is 4.80 Å². The fourth-order valence-corrected chi connectivity index (χ4v) is 4.31. The lowest BCUT2D eigenvalue weighted by Crippen LogP contribution is -2.16. The van der Waals surface area contributed by atoms with Gasteiger partial charge in [0.05, 0.1) is 0 Å². The van der Waals surface area contributed by atoms with Crippen LogP contribution in [0.4, 0.5) is 0 Å². The van der Waals surface area contributed by atoms with Crippen LogP contribution >= 0.6 is 0 Å². The number of hydrogen-bond donors (Lipinski definition) is 1. The zero-order valence-corrected chi connectivity index (χ0v) is 19.5. The summed E-state index contributed by atoms with van der Waals surface area (Å²) in [7, 11) is 0. The number of aromatic nitrogens is 3. The molecule has 0 amide bonds. The molecule has 0 bridgehead atoms. The third kappa shape index (κ3) is 4.85. The first-order valence-electron chi connectivity index (χ1n) is 11.4. The monoisotopic (exact) mass is 407 g/mol. The van der Waals surface area contributed by atoms with E-state index >= 15 is 0 Å². The predicted octanol–water partition coefficient (Wildman–Crippen LogP) is 6.96. The molecule has 4 heteroatoms. The highest BCUT2D eigenvalue weighted by Gasteiger charge is 2.24. The van der Waals surface area contributed by atoms with E-state index in [0.717, 1.165) is 29.4 Å². The van der Waals surface area contributed by atoms with Crippen molar-refractivity contribution in [3.8, 4) is 11.4 Å². The Morgan fingerprint density at radius 3 is 2.10 bits per heavy atom. The van der Waals surface area contributed by atoms with Gasteiger partial charge in [-0.25, -0.2) is 0 Å². The average Bonchev–Trinajstić information content (AvgIpc) is 3.12. The fourth-order valence-electron chi connectivity index (χ4n) is 4.31. The second-order valence-electron chi connectivity index (χ2n) is 10.0. The number of aromatic hydroxyl groups is 1. The molecular weight excluding hydrogens is 370 g/mol. The van der Waals surface area contributed by atoms with Crippen LogP contribution in [0, 0.1) is 5.41 Å². The number of aryl methyl sites for hydroxylation is 1. The maximum absolute atomic E-state index is 11.1. The number of rotatable bonds is 8. The molecule has 0 aliphatic heterocycles. The van der Waals surface area contributed by atoms with Crippen molar-refractivity contribution in [3.05, 3.63) is 47.5 Å². The van der Waals surface area contributed by atoms with Gasteiger partial charge >= 0.3 is 0 Å². The molecule has 3 aromatic rings. The summed E-state index contributed by atoms with van der Waals surface area (Å²) in [6.45, 7) is 13.4. The topological polar surface area (TPSA) is 50.9 Å². The van der Waals surface area contributed by atoms with Gasteiger partial charge in [0, 0.05) is 5.56 Å². The van der Waals surface area contributed by atoms with Crippen LogP contribution in [0.15, 0.2) is 36.4 Å². The quantitative estimate of drug-likeness (QED) is 0.439. The third-order valence-corrected chi connectivity index (χ3v) is 6.41. The molecule has 0 spiro atoms. The maximum atomic E-state index is 11.1. The Labute approximate surface area is 181 Å². The molecule has 1 atom stereocenters. The number of nitrogens with zero attached hydrogens (tertiary/aromatic N) is 3. The number of hydrogen-bond acceptors (Lipinski definition) is 3. The Morgan fingerprint density at radius 2 is 1.57 bits per heavy atom. The molecule has 0 aliphatic carbocycles. The van der Waals surface area contributed by atoms with Crippen molar-refractivity contribution < 1.29 is 5.11 Å². The van der Waals surface area contributed by atoms with Crippen LogP contribution in [-0.2, 0) is 11.8 Å². The predicted molar refractivity (Wildman–Crippen MR) is 125 cm³/mol. The third-order valence-electron chi connectivity index (χ3n) is 6.41. The average molecular weight is 408 g/mol. The number of phenols is 1. The van der Waals surface area contributed by atoms with E-state index in [-0.39, 0.29) is 11.2 Å². The summed E-state index contributed by atoms with van der Waals surface area (Å²) in [5.41, 5.74) is 4.77. The molecule has 0 saturated carbocycles. The summed E-state index contributed by atoms with van der Waals surface area (Å²) in [5.74, 6) is 0.274. The lowest BCUT2D eigenvalue weighted by atomic mass is 9.78. The van der Waals surface area contributed by atoms with Gasteiger partial charge in [0.2, 0.25) is 0 Å². The van der Waals surface area contributed by atoms with Gasteiger partial charge in [0.15, 0.2) is 0 Å². The van der Waals surface area contributed by atoms with Crippen LogP contribution in [0.5, 0.6) is 5.75 Å². The van der Waals surface area contributed by atoms with E-state index in [2.05, 4.69) is 63.9 Å². The molecule has 0 aliphatic rings. The van der Waals surface area contributed by atoms with E-state index in [9.17, 15) is 5.11 Å². The van der Waals surface area contributed by atoms with Gasteiger partial charge in [0.1, 0.15) is 22.5 Å². The highest BCUT2D eigenvalue weighted by Crippen LogP contribution is 2.38. The van der Waals surface area contributed by atoms with Gasteiger partial charge in [-0.1, -0.05) is 72.6 Å². The van der Waals surface area contributed by atoms with E-state index in [0.29, 0.717) is 11.1 Å². The van der Waals surface area contributed by atoms with Gasteiger partial charge in [-0.3, -0.25) is 0 Å². The van der Waals surface area contributed by atoms with E-state index in [4.69, 9.17) is 0 Å². The highest BCUT2D eigenvalue weighted by atomic mass is 16.3. The number of fused-ring (bicyclic) bond motifs is 1. The molecule has 1 unspecified atom stereocenters. The van der Waals surface area contributed by atoms with Crippen LogP contribution in [-0.4, -0.2) is 20.1 Å². The fraction of sp³-hybridized carbons (Fsp3) is 0.538. The van der Waals surface area contributed by atoms with Crippen LogP contribution < -0.4 is 0 Å². The van der Waals surface area contributed by atoms with Gasteiger partial charge in [-0.2, -0.15) is 0 Å². The Hall–Kier alpha value is -2.36. The van der Waals surface area contributed by atoms with Gasteiger partial charge in [0.25, 0.3) is 0 Å². The molecule has 1 heterocycles. The van der Waals surface area contributed by atoms with Crippen LogP contribution in [0.2, 0.25) is 0 Å². The SMILES string of the molecule is CCCC(C)(CC)CCCc1cc(-n2nc3ccccc3n2)c(O)c(C(C)(C)C)c1. The smallest absolute Gasteiger partial charge is 0.146 e. The van der Waals surface area contributed by atoms with Crippen molar-refractivity contribution in [2.75, 3.05) is 0 Å². The molecule has 4 nitrogen and oxygen atoms in total. The summed E-state index contributed by atoms with van der Waals surface area (Å²) >= 11 is 0. The molecule has 0 saturated heterocycles. The first-order valence-corrected chi connectivity index (χ1v) is 11.4. The minimum Gasteiger partial charge on any atom is -0.505 e. The highest BCUT2D eigenvalue weighted by molar-refractivity contribution is 5.73. The van der Waals surface area contributed by atoms with Gasteiger partial charge in [-0.05, 0) is 60.3 Å². The van der Waals surface area contributed by atoms with Crippen LogP contribution in [0.25, 0.3) is 16.7 Å². The van der Waals surface area contributed by atoms with E-state index < -0.39 is 0 Å². The van der Waals surface area contributed by atoms with Crippen LogP contribution in [0.1, 0.15) is 84.8 Å². The molecular formula is C26H37N3O. The lowest BCUT2D eigenvalue weighted by molar-refractivity contribution is 0.251. The van der Waals surface area contributed by atoms with Crippen LogP contribution in [0.3, 0.4) is 0 Å². The summed E-state index contributed by atoms with van der Waals surface area (Å²) in [6.07, 6.45) is 7.10. The Bertz CT molecular complexity index is 966. The van der Waals surface area contributed by atoms with E-state index in [1.807, 2.05) is 24.3 Å². The molecule has 1 aromatic heterocycles. The maximum Gasteiger partial charge on any atom is 0.146 e. The second kappa shape index (κ2) is 8.79. The molecule has 0 fully saturated rings. The first kappa shape index (κ1) is 22.3. The Morgan fingerprint density at radius 1 is 0.933 bits per heavy atom. The number of phenolic OH excluding ortho intramolecular Hbond substituents is 1. The van der Waals surface area contributed by atoms with Crippen molar-refractivity contribution in [1.29, 1.82) is 0 Å². The molecule has 162 valence electrons. The zero-order chi connectivity index (χ0) is 21.9. The van der Waals surface area contributed by atoms with Crippen molar-refractivity contribution in [3.63, 3.8) is 0 Å². The molecule has 30 heavy (non-hydrogen) atoms. The molecule has 3 rings (SSSR count). The molecule has 0 radical (unpaired) electrons. The van der Waals surface area contributed by atoms with Gasteiger partial charge < -0.3 is 5.11 Å². The summed E-state index contributed by atoms with van der Waals surface area (Å²) in [6, 6.07) is 12.0. The minimum absolute atomic E-state index is 0.165. The second-order valence-corrected chi connectivity index (χ2v) is 10.0. The van der Waals surface area contributed by atoms with Crippen molar-refractivity contribution in [2.45, 2.75) is 85.5 Å². The minimum atomic E-state index is -0.165. The Kier molecular flexibility index (Phi) is 6.54.